The number of aromatic nitrogens is 4. The van der Waals surface area contributed by atoms with E-state index in [-0.39, 0.29) is 17.7 Å². The van der Waals surface area contributed by atoms with Gasteiger partial charge in [0, 0.05) is 24.2 Å². The molecule has 1 saturated heterocycles. The van der Waals surface area contributed by atoms with Crippen molar-refractivity contribution in [1.82, 2.24) is 25.0 Å². The number of nitrogens with one attached hydrogen (secondary N) is 1. The summed E-state index contributed by atoms with van der Waals surface area (Å²) < 4.78 is 5.23. The zero-order valence-corrected chi connectivity index (χ0v) is 14.0. The number of nitrogens with zero attached hydrogens (tertiary/aromatic N) is 5. The minimum atomic E-state index is -0.0125. The maximum absolute atomic E-state index is 12.3. The molecule has 2 aromatic heterocycles. The molecule has 1 aliphatic heterocycles. The Labute approximate surface area is 140 Å². The van der Waals surface area contributed by atoms with E-state index in [1.807, 2.05) is 13.8 Å². The lowest BCUT2D eigenvalue weighted by Gasteiger charge is -2.30. The summed E-state index contributed by atoms with van der Waals surface area (Å²) in [7, 11) is 0. The fourth-order valence-corrected chi connectivity index (χ4v) is 2.70. The quantitative estimate of drug-likeness (QED) is 0.893. The predicted octanol–water partition coefficient (Wildman–Crippen LogP) is 1.83. The molecule has 0 bridgehead atoms. The minimum absolute atomic E-state index is 0.0116. The van der Waals surface area contributed by atoms with Crippen molar-refractivity contribution in [3.05, 3.63) is 30.2 Å². The van der Waals surface area contributed by atoms with E-state index < -0.39 is 0 Å². The summed E-state index contributed by atoms with van der Waals surface area (Å²) in [5, 5.41) is 6.79. The number of hydrogen-bond donors (Lipinski definition) is 1. The molecule has 3 rings (SSSR count). The van der Waals surface area contributed by atoms with Crippen LogP contribution in [0.15, 0.2) is 23.0 Å². The maximum Gasteiger partial charge on any atom is 0.229 e. The number of piperidine rings is 1. The van der Waals surface area contributed by atoms with Crippen LogP contribution in [0.3, 0.4) is 0 Å². The summed E-state index contributed by atoms with van der Waals surface area (Å²) in [5.41, 5.74) is 0. The van der Waals surface area contributed by atoms with E-state index in [9.17, 15) is 4.79 Å². The van der Waals surface area contributed by atoms with Gasteiger partial charge >= 0.3 is 0 Å². The maximum atomic E-state index is 12.3. The fourth-order valence-electron chi connectivity index (χ4n) is 2.70. The average Bonchev–Trinajstić information content (AvgIpc) is 3.05. The lowest BCUT2D eigenvalue weighted by atomic mass is 9.96. The van der Waals surface area contributed by atoms with Crippen molar-refractivity contribution in [2.24, 2.45) is 5.92 Å². The van der Waals surface area contributed by atoms with Crippen molar-refractivity contribution in [1.29, 1.82) is 0 Å². The third-order valence-electron chi connectivity index (χ3n) is 4.10. The third kappa shape index (κ3) is 4.14. The second-order valence-electron chi connectivity index (χ2n) is 6.32. The summed E-state index contributed by atoms with van der Waals surface area (Å²) in [4.78, 5) is 26.9. The lowest BCUT2D eigenvalue weighted by molar-refractivity contribution is -0.121. The van der Waals surface area contributed by atoms with Crippen molar-refractivity contribution in [3.8, 4) is 0 Å². The van der Waals surface area contributed by atoms with E-state index in [1.165, 1.54) is 0 Å². The molecule has 2 aromatic rings. The molecule has 0 spiro atoms. The molecule has 1 N–H and O–H groups in total. The van der Waals surface area contributed by atoms with Gasteiger partial charge in [0.25, 0.3) is 0 Å². The first-order valence-electron chi connectivity index (χ1n) is 8.24. The van der Waals surface area contributed by atoms with Gasteiger partial charge in [-0.3, -0.25) is 15.0 Å². The Morgan fingerprint density at radius 3 is 2.67 bits per heavy atom. The van der Waals surface area contributed by atoms with Crippen LogP contribution in [-0.4, -0.2) is 44.0 Å². The van der Waals surface area contributed by atoms with Crippen LogP contribution in [-0.2, 0) is 11.3 Å². The molecule has 1 fully saturated rings. The summed E-state index contributed by atoms with van der Waals surface area (Å²) in [6.45, 7) is 6.38. The molecule has 0 radical (unpaired) electrons. The third-order valence-corrected chi connectivity index (χ3v) is 4.10. The topological polar surface area (TPSA) is 97.0 Å². The Kier molecular flexibility index (Phi) is 5.14. The van der Waals surface area contributed by atoms with Gasteiger partial charge in [0.05, 0.1) is 6.54 Å². The van der Waals surface area contributed by atoms with E-state index in [0.29, 0.717) is 24.2 Å². The highest BCUT2D eigenvalue weighted by Gasteiger charge is 2.26. The molecular formula is C16H22N6O2. The Bertz CT molecular complexity index is 664. The fraction of sp³-hybridized carbons (Fsp3) is 0.562. The summed E-state index contributed by atoms with van der Waals surface area (Å²) >= 11 is 0. The molecular weight excluding hydrogens is 308 g/mol. The van der Waals surface area contributed by atoms with E-state index >= 15 is 0 Å². The van der Waals surface area contributed by atoms with E-state index in [0.717, 1.165) is 25.9 Å². The van der Waals surface area contributed by atoms with Crippen LogP contribution in [0.2, 0.25) is 0 Å². The van der Waals surface area contributed by atoms with Gasteiger partial charge in [-0.05, 0) is 32.0 Å². The largest absolute Gasteiger partial charge is 0.339 e. The molecule has 8 nitrogen and oxygen atoms in total. The second kappa shape index (κ2) is 7.48. The number of anilines is 1. The van der Waals surface area contributed by atoms with Crippen LogP contribution in [0, 0.1) is 5.92 Å². The molecule has 0 aliphatic carbocycles. The predicted molar refractivity (Wildman–Crippen MR) is 87.0 cm³/mol. The number of rotatable bonds is 5. The molecule has 3 heterocycles. The van der Waals surface area contributed by atoms with Crippen LogP contribution < -0.4 is 5.32 Å². The first kappa shape index (κ1) is 16.5. The number of hydrogen-bond acceptors (Lipinski definition) is 7. The van der Waals surface area contributed by atoms with Crippen LogP contribution in [0.4, 0.5) is 5.95 Å². The lowest BCUT2D eigenvalue weighted by Crippen LogP contribution is -2.38. The summed E-state index contributed by atoms with van der Waals surface area (Å²) in [5.74, 6) is 1.95. The SMILES string of the molecule is CC(C)c1nc(CN2CCC(C(=O)Nc3ncccn3)CC2)no1. The van der Waals surface area contributed by atoms with Gasteiger partial charge in [0.2, 0.25) is 17.7 Å². The summed E-state index contributed by atoms with van der Waals surface area (Å²) in [6, 6.07) is 1.72. The van der Waals surface area contributed by atoms with Crippen molar-refractivity contribution in [3.63, 3.8) is 0 Å². The van der Waals surface area contributed by atoms with Gasteiger partial charge in [-0.15, -0.1) is 0 Å². The first-order valence-corrected chi connectivity index (χ1v) is 8.24. The normalized spacial score (nSPS) is 16.5. The van der Waals surface area contributed by atoms with Gasteiger partial charge in [-0.1, -0.05) is 19.0 Å². The molecule has 0 unspecified atom stereocenters. The van der Waals surface area contributed by atoms with Crippen LogP contribution in [0.5, 0.6) is 0 Å². The Morgan fingerprint density at radius 2 is 2.04 bits per heavy atom. The Hall–Kier alpha value is -2.35. The van der Waals surface area contributed by atoms with Crippen molar-refractivity contribution < 1.29 is 9.32 Å². The highest BCUT2D eigenvalue weighted by molar-refractivity contribution is 5.90. The molecule has 1 aliphatic rings. The Balaban J connectivity index is 1.47. The molecule has 24 heavy (non-hydrogen) atoms. The number of carbonyl (C=O) groups is 1. The standard InChI is InChI=1S/C16H22N6O2/c1-11(2)15-19-13(21-24-15)10-22-8-4-12(5-9-22)14(23)20-16-17-6-3-7-18-16/h3,6-7,11-12H,4-5,8-10H2,1-2H3,(H,17,18,20,23). The van der Waals surface area contributed by atoms with Gasteiger partial charge < -0.3 is 4.52 Å². The molecule has 1 amide bonds. The molecule has 128 valence electrons. The van der Waals surface area contributed by atoms with Gasteiger partial charge in [0.1, 0.15) is 0 Å². The highest BCUT2D eigenvalue weighted by Crippen LogP contribution is 2.20. The summed E-state index contributed by atoms with van der Waals surface area (Å²) in [6.07, 6.45) is 4.82. The van der Waals surface area contributed by atoms with Crippen molar-refractivity contribution >= 4 is 11.9 Å². The zero-order chi connectivity index (χ0) is 16.9. The number of amides is 1. The van der Waals surface area contributed by atoms with Gasteiger partial charge in [-0.25, -0.2) is 9.97 Å². The molecule has 0 saturated carbocycles. The van der Waals surface area contributed by atoms with E-state index in [1.54, 1.807) is 18.5 Å². The average molecular weight is 330 g/mol. The van der Waals surface area contributed by atoms with Crippen molar-refractivity contribution in [2.45, 2.75) is 39.2 Å². The molecule has 8 heteroatoms. The minimum Gasteiger partial charge on any atom is -0.339 e. The van der Waals surface area contributed by atoms with Crippen LogP contribution in [0.25, 0.3) is 0 Å². The van der Waals surface area contributed by atoms with Crippen LogP contribution in [0.1, 0.15) is 44.3 Å². The molecule has 0 aromatic carbocycles. The highest BCUT2D eigenvalue weighted by atomic mass is 16.5. The number of carbonyl (C=O) groups excluding carboxylic acids is 1. The van der Waals surface area contributed by atoms with Gasteiger partial charge in [-0.2, -0.15) is 4.98 Å². The van der Waals surface area contributed by atoms with E-state index in [2.05, 4.69) is 30.3 Å². The van der Waals surface area contributed by atoms with E-state index in [4.69, 9.17) is 4.52 Å². The first-order chi connectivity index (χ1) is 11.6. The number of likely N-dealkylation sites (tertiary alicyclic amines) is 1. The monoisotopic (exact) mass is 330 g/mol. The van der Waals surface area contributed by atoms with Crippen LogP contribution >= 0.6 is 0 Å². The van der Waals surface area contributed by atoms with Gasteiger partial charge in [0.15, 0.2) is 5.82 Å². The second-order valence-corrected chi connectivity index (χ2v) is 6.32. The molecule has 0 atom stereocenters. The van der Waals surface area contributed by atoms with Crippen molar-refractivity contribution in [2.75, 3.05) is 18.4 Å². The zero-order valence-electron chi connectivity index (χ0n) is 14.0. The smallest absolute Gasteiger partial charge is 0.229 e. The Morgan fingerprint density at radius 1 is 1.33 bits per heavy atom.